The maximum atomic E-state index is 13.4. The van der Waals surface area contributed by atoms with Crippen LogP contribution < -0.4 is 10.6 Å². The zero-order valence-electron chi connectivity index (χ0n) is 24.2. The van der Waals surface area contributed by atoms with Gasteiger partial charge in [-0.1, -0.05) is 60.7 Å². The van der Waals surface area contributed by atoms with Gasteiger partial charge < -0.3 is 10.6 Å². The molecule has 0 saturated carbocycles. The van der Waals surface area contributed by atoms with Crippen LogP contribution in [0.3, 0.4) is 0 Å². The Labute approximate surface area is 259 Å². The number of hydrogen-bond donors (Lipinski definition) is 2. The topological polar surface area (TPSA) is 58.2 Å². The molecule has 0 spiro atoms. The lowest BCUT2D eigenvalue weighted by atomic mass is 9.65. The molecule has 220 valence electrons. The monoisotopic (exact) mass is 594 g/mol. The average molecular weight is 595 g/mol. The van der Waals surface area contributed by atoms with Gasteiger partial charge in [0.1, 0.15) is 11.6 Å². The summed E-state index contributed by atoms with van der Waals surface area (Å²) in [4.78, 5) is 25.6. The van der Waals surface area contributed by atoms with Crippen molar-refractivity contribution in [1.29, 1.82) is 0 Å². The van der Waals surface area contributed by atoms with E-state index in [2.05, 4.69) is 71.3 Å². The number of nitrogens with one attached hydrogen (secondary N) is 2. The molecule has 0 aromatic heterocycles. The number of halogens is 2. The summed E-state index contributed by atoms with van der Waals surface area (Å²) in [5, 5.41) is 5.84. The van der Waals surface area contributed by atoms with Crippen LogP contribution in [0, 0.1) is 11.6 Å². The highest BCUT2D eigenvalue weighted by atomic mass is 19.1. The van der Waals surface area contributed by atoms with E-state index in [9.17, 15) is 18.4 Å². The lowest BCUT2D eigenvalue weighted by Gasteiger charge is -2.36. The molecule has 4 nitrogen and oxygen atoms in total. The molecule has 0 aliphatic heterocycles. The summed E-state index contributed by atoms with van der Waals surface area (Å²) < 4.78 is 26.7. The van der Waals surface area contributed by atoms with Gasteiger partial charge in [0.2, 0.25) is 0 Å². The first kappa shape index (κ1) is 28.2. The largest absolute Gasteiger partial charge is 0.322 e. The number of hydrogen-bond acceptors (Lipinski definition) is 2. The van der Waals surface area contributed by atoms with Gasteiger partial charge in [0.15, 0.2) is 0 Å². The van der Waals surface area contributed by atoms with Crippen molar-refractivity contribution in [2.45, 2.75) is 18.3 Å². The van der Waals surface area contributed by atoms with Gasteiger partial charge in [-0.2, -0.15) is 0 Å². The minimum atomic E-state index is -0.588. The molecule has 2 aliphatic carbocycles. The summed E-state index contributed by atoms with van der Waals surface area (Å²) in [5.41, 5.74) is 8.41. The molecule has 0 fully saturated rings. The van der Waals surface area contributed by atoms with Crippen molar-refractivity contribution in [3.63, 3.8) is 0 Å². The van der Waals surface area contributed by atoms with Gasteiger partial charge in [-0.25, -0.2) is 8.78 Å². The zero-order valence-corrected chi connectivity index (χ0v) is 24.2. The molecular weight excluding hydrogens is 566 g/mol. The Morgan fingerprint density at radius 3 is 1.60 bits per heavy atom. The molecule has 5 aromatic rings. The molecule has 2 amide bonds. The van der Waals surface area contributed by atoms with E-state index in [1.54, 1.807) is 0 Å². The SMILES string of the molecule is O=C(Nc1ccc(C2(c3ccc(NC(=O)c4ccc(F)cc4)cc3)C3=C(C=CCC3)c3ccccc32)cc1)c1ccc(F)cc1. The standard InChI is InChI=1S/C39H28F2N2O2/c40-29-17-9-25(10-18-29)37(44)42-31-21-13-27(14-22-31)39(35-7-3-1-5-33(35)34-6-2-4-8-36(34)39)28-15-23-32(24-16-28)43-38(45)26-11-19-30(41)20-12-26/h1-3,5-7,9-24H,4,8H2,(H,42,44)(H,43,45). The maximum Gasteiger partial charge on any atom is 0.255 e. The second-order valence-corrected chi connectivity index (χ2v) is 11.2. The zero-order chi connectivity index (χ0) is 31.0. The lowest BCUT2D eigenvalue weighted by molar-refractivity contribution is 0.101. The van der Waals surface area contributed by atoms with E-state index < -0.39 is 17.0 Å². The first-order valence-electron chi connectivity index (χ1n) is 14.8. The second-order valence-electron chi connectivity index (χ2n) is 11.2. The van der Waals surface area contributed by atoms with Crippen LogP contribution in [-0.2, 0) is 5.41 Å². The summed E-state index contributed by atoms with van der Waals surface area (Å²) in [5.74, 6) is -1.42. The normalized spacial score (nSPS) is 14.4. The fourth-order valence-corrected chi connectivity index (χ4v) is 6.56. The van der Waals surface area contributed by atoms with Gasteiger partial charge in [-0.15, -0.1) is 0 Å². The Bertz CT molecular complexity index is 1870. The van der Waals surface area contributed by atoms with E-state index in [1.165, 1.54) is 70.8 Å². The molecule has 0 bridgehead atoms. The van der Waals surface area contributed by atoms with Crippen molar-refractivity contribution in [2.75, 3.05) is 10.6 Å². The maximum absolute atomic E-state index is 13.4. The van der Waals surface area contributed by atoms with Gasteiger partial charge in [0.25, 0.3) is 11.8 Å². The van der Waals surface area contributed by atoms with Gasteiger partial charge in [0, 0.05) is 22.5 Å². The summed E-state index contributed by atoms with van der Waals surface area (Å²) in [7, 11) is 0. The van der Waals surface area contributed by atoms with Crippen molar-refractivity contribution in [2.24, 2.45) is 0 Å². The highest BCUT2D eigenvalue weighted by molar-refractivity contribution is 6.05. The van der Waals surface area contributed by atoms with Crippen molar-refractivity contribution in [3.05, 3.63) is 184 Å². The number of allylic oxidation sites excluding steroid dienone is 4. The molecule has 2 N–H and O–H groups in total. The quantitative estimate of drug-likeness (QED) is 0.206. The molecular formula is C39H28F2N2O2. The molecule has 45 heavy (non-hydrogen) atoms. The van der Waals surface area contributed by atoms with Crippen molar-refractivity contribution < 1.29 is 18.4 Å². The average Bonchev–Trinajstić information content (AvgIpc) is 3.37. The Hall–Kier alpha value is -5.62. The number of amides is 2. The van der Waals surface area contributed by atoms with Crippen molar-refractivity contribution in [3.8, 4) is 0 Å². The van der Waals surface area contributed by atoms with Crippen LogP contribution in [0.2, 0.25) is 0 Å². The molecule has 0 unspecified atom stereocenters. The third kappa shape index (κ3) is 5.04. The Morgan fingerprint density at radius 2 is 1.09 bits per heavy atom. The van der Waals surface area contributed by atoms with E-state index in [0.717, 1.165) is 24.0 Å². The predicted molar refractivity (Wildman–Crippen MR) is 173 cm³/mol. The Balaban J connectivity index is 1.27. The lowest BCUT2D eigenvalue weighted by Crippen LogP contribution is -2.30. The summed E-state index contributed by atoms with van der Waals surface area (Å²) in [6.07, 6.45) is 6.24. The molecule has 0 radical (unpaired) electrons. The van der Waals surface area contributed by atoms with E-state index in [4.69, 9.17) is 0 Å². The van der Waals surface area contributed by atoms with Crippen LogP contribution in [0.4, 0.5) is 20.2 Å². The Kier molecular flexibility index (Phi) is 7.18. The minimum absolute atomic E-state index is 0.315. The van der Waals surface area contributed by atoms with Crippen LogP contribution in [0.25, 0.3) is 5.57 Å². The second kappa shape index (κ2) is 11.5. The number of rotatable bonds is 6. The summed E-state index contributed by atoms with van der Waals surface area (Å²) >= 11 is 0. The van der Waals surface area contributed by atoms with E-state index >= 15 is 0 Å². The number of carbonyl (C=O) groups excluding carboxylic acids is 2. The van der Waals surface area contributed by atoms with Crippen molar-refractivity contribution >= 4 is 28.8 Å². The van der Waals surface area contributed by atoms with Gasteiger partial charge in [0.05, 0.1) is 5.41 Å². The number of anilines is 2. The van der Waals surface area contributed by atoms with Gasteiger partial charge in [-0.05, 0) is 119 Å². The Morgan fingerprint density at radius 1 is 0.600 bits per heavy atom. The number of benzene rings is 5. The molecule has 7 rings (SSSR count). The summed E-state index contributed by atoms with van der Waals surface area (Å²) in [6.45, 7) is 0. The fraction of sp³-hybridized carbons (Fsp3) is 0.0769. The van der Waals surface area contributed by atoms with E-state index in [1.807, 2.05) is 24.3 Å². The third-order valence-corrected chi connectivity index (χ3v) is 8.61. The van der Waals surface area contributed by atoms with Crippen LogP contribution in [0.5, 0.6) is 0 Å². The molecule has 6 heteroatoms. The number of carbonyl (C=O) groups is 2. The first-order valence-corrected chi connectivity index (χ1v) is 14.8. The molecule has 5 aromatic carbocycles. The first-order chi connectivity index (χ1) is 21.9. The van der Waals surface area contributed by atoms with E-state index in [-0.39, 0.29) is 11.8 Å². The van der Waals surface area contributed by atoms with Crippen LogP contribution >= 0.6 is 0 Å². The highest BCUT2D eigenvalue weighted by Gasteiger charge is 2.47. The van der Waals surface area contributed by atoms with Crippen LogP contribution in [-0.4, -0.2) is 11.8 Å². The minimum Gasteiger partial charge on any atom is -0.322 e. The van der Waals surface area contributed by atoms with Crippen LogP contribution in [0.1, 0.15) is 55.8 Å². The third-order valence-electron chi connectivity index (χ3n) is 8.61. The van der Waals surface area contributed by atoms with E-state index in [0.29, 0.717) is 22.5 Å². The molecule has 0 heterocycles. The molecule has 0 atom stereocenters. The van der Waals surface area contributed by atoms with Crippen LogP contribution in [0.15, 0.2) is 139 Å². The van der Waals surface area contributed by atoms with Crippen molar-refractivity contribution in [1.82, 2.24) is 0 Å². The highest BCUT2D eigenvalue weighted by Crippen LogP contribution is 2.57. The fourth-order valence-electron chi connectivity index (χ4n) is 6.56. The van der Waals surface area contributed by atoms with Gasteiger partial charge >= 0.3 is 0 Å². The molecule has 2 aliphatic rings. The smallest absolute Gasteiger partial charge is 0.255 e. The number of fused-ring (bicyclic) bond motifs is 2. The predicted octanol–water partition coefficient (Wildman–Crippen LogP) is 8.92. The molecule has 0 saturated heterocycles. The summed E-state index contributed by atoms with van der Waals surface area (Å²) in [6, 6.07) is 35.2. The van der Waals surface area contributed by atoms with Gasteiger partial charge in [-0.3, -0.25) is 9.59 Å².